The highest BCUT2D eigenvalue weighted by Crippen LogP contribution is 2.51. The highest BCUT2D eigenvalue weighted by molar-refractivity contribution is 7.18. The van der Waals surface area contributed by atoms with Crippen LogP contribution < -0.4 is 0 Å². The van der Waals surface area contributed by atoms with Crippen LogP contribution in [0.2, 0.25) is 0 Å². The van der Waals surface area contributed by atoms with Gasteiger partial charge in [0.1, 0.15) is 11.3 Å². The van der Waals surface area contributed by atoms with Crippen molar-refractivity contribution in [1.82, 2.24) is 20.0 Å². The van der Waals surface area contributed by atoms with E-state index >= 15 is 0 Å². The predicted octanol–water partition coefficient (Wildman–Crippen LogP) is 5.60. The van der Waals surface area contributed by atoms with Crippen molar-refractivity contribution in [3.8, 4) is 21.3 Å². The van der Waals surface area contributed by atoms with Crippen molar-refractivity contribution in [3.63, 3.8) is 0 Å². The monoisotopic (exact) mass is 620 g/mol. The number of halogens is 6. The summed E-state index contributed by atoms with van der Waals surface area (Å²) < 4.78 is 91.1. The molecule has 1 aliphatic rings. The minimum absolute atomic E-state index is 0.0236. The number of aliphatic hydroxyl groups is 1. The summed E-state index contributed by atoms with van der Waals surface area (Å²) in [4.78, 5) is 34.8. The van der Waals surface area contributed by atoms with Gasteiger partial charge in [-0.2, -0.15) is 31.3 Å². The summed E-state index contributed by atoms with van der Waals surface area (Å²) in [5.74, 6) is -0.412. The number of benzene rings is 1. The third kappa shape index (κ3) is 5.73. The molecule has 0 unspecified atom stereocenters. The number of amides is 1. The van der Waals surface area contributed by atoms with E-state index in [4.69, 9.17) is 9.26 Å². The van der Waals surface area contributed by atoms with Crippen molar-refractivity contribution in [2.75, 3.05) is 6.54 Å². The number of carbonyl (C=O) groups is 2. The van der Waals surface area contributed by atoms with Crippen LogP contribution >= 0.6 is 11.3 Å². The van der Waals surface area contributed by atoms with Crippen molar-refractivity contribution < 1.29 is 50.3 Å². The lowest BCUT2D eigenvalue weighted by Crippen LogP contribution is -2.53. The lowest BCUT2D eigenvalue weighted by atomic mass is 9.89. The second-order valence-corrected chi connectivity index (χ2v) is 11.6. The predicted molar refractivity (Wildman–Crippen MR) is 136 cm³/mol. The van der Waals surface area contributed by atoms with Gasteiger partial charge in [-0.05, 0) is 51.7 Å². The molecule has 0 aliphatic carbocycles. The van der Waals surface area contributed by atoms with E-state index in [1.54, 1.807) is 18.7 Å². The molecule has 228 valence electrons. The van der Waals surface area contributed by atoms with Crippen molar-refractivity contribution >= 4 is 23.7 Å². The molecule has 0 saturated carbocycles. The number of thiazole rings is 1. The van der Waals surface area contributed by atoms with Crippen molar-refractivity contribution in [1.29, 1.82) is 0 Å². The minimum atomic E-state index is -6.05. The van der Waals surface area contributed by atoms with E-state index in [2.05, 4.69) is 15.1 Å². The fourth-order valence-corrected chi connectivity index (χ4v) is 5.77. The summed E-state index contributed by atoms with van der Waals surface area (Å²) in [6.07, 6.45) is -10.6. The highest BCUT2D eigenvalue weighted by Gasteiger charge is 2.71. The Kier molecular flexibility index (Phi) is 8.19. The summed E-state index contributed by atoms with van der Waals surface area (Å²) >= 11 is 0.896. The van der Waals surface area contributed by atoms with Crippen LogP contribution in [0.4, 0.5) is 26.3 Å². The molecule has 1 atom stereocenters. The van der Waals surface area contributed by atoms with Gasteiger partial charge in [-0.25, -0.2) is 4.98 Å². The molecule has 1 fully saturated rings. The van der Waals surface area contributed by atoms with E-state index < -0.39 is 35.0 Å². The number of hydrogen-bond acceptors (Lipinski definition) is 9. The molecule has 1 aromatic carbocycles. The highest BCUT2D eigenvalue weighted by atomic mass is 32.1. The van der Waals surface area contributed by atoms with Crippen LogP contribution in [-0.4, -0.2) is 68.1 Å². The van der Waals surface area contributed by atoms with Gasteiger partial charge in [-0.1, -0.05) is 23.4 Å². The van der Waals surface area contributed by atoms with E-state index in [-0.39, 0.29) is 57.4 Å². The number of ether oxygens (including phenoxy) is 1. The van der Waals surface area contributed by atoms with Crippen LogP contribution in [0.5, 0.6) is 0 Å². The van der Waals surface area contributed by atoms with Gasteiger partial charge in [0.25, 0.3) is 18.0 Å². The van der Waals surface area contributed by atoms with Crippen molar-refractivity contribution in [2.24, 2.45) is 0 Å². The molecule has 1 amide bonds. The molecule has 9 nitrogen and oxygen atoms in total. The summed E-state index contributed by atoms with van der Waals surface area (Å²) in [6, 6.07) is 1.97. The molecule has 1 saturated heterocycles. The van der Waals surface area contributed by atoms with E-state index in [1.165, 1.54) is 6.92 Å². The van der Waals surface area contributed by atoms with Gasteiger partial charge in [0.2, 0.25) is 11.7 Å². The van der Waals surface area contributed by atoms with Gasteiger partial charge >= 0.3 is 12.4 Å². The Hall–Kier alpha value is -3.53. The maximum atomic E-state index is 13.6. The maximum Gasteiger partial charge on any atom is 0.430 e. The zero-order valence-electron chi connectivity index (χ0n) is 22.8. The number of alkyl halides is 6. The van der Waals surface area contributed by atoms with Crippen LogP contribution in [0.25, 0.3) is 21.3 Å². The number of carbonyl (C=O) groups excluding carboxylic acids is 2. The quantitative estimate of drug-likeness (QED) is 0.256. The van der Waals surface area contributed by atoms with E-state index in [9.17, 15) is 41.0 Å². The topological polar surface area (TPSA) is 119 Å². The normalized spacial score (nSPS) is 16.6. The Morgan fingerprint density at radius 3 is 2.40 bits per heavy atom. The molecule has 16 heteroatoms. The first-order valence-electron chi connectivity index (χ1n) is 12.6. The summed E-state index contributed by atoms with van der Waals surface area (Å²) in [6.45, 7) is 7.06. The Morgan fingerprint density at radius 2 is 1.86 bits per heavy atom. The molecule has 0 radical (unpaired) electrons. The number of aryl methyl sites for hydroxylation is 1. The molecule has 0 bridgehead atoms. The SMILES string of the molecule is Cc1cc(C(O)(C(F)(F)F)C(F)(F)F)ccc1-c1sc(-c2noc(CC(C)(C)OC=O)n2)nc1C(=O)N1CCC[C@@H]1C. The second-order valence-electron chi connectivity index (χ2n) is 10.6. The molecule has 1 aliphatic heterocycles. The Morgan fingerprint density at radius 1 is 1.19 bits per heavy atom. The van der Waals surface area contributed by atoms with Gasteiger partial charge in [0, 0.05) is 18.2 Å². The Labute approximate surface area is 239 Å². The number of rotatable bonds is 8. The fourth-order valence-electron chi connectivity index (χ4n) is 4.70. The Balaban J connectivity index is 1.81. The summed E-state index contributed by atoms with van der Waals surface area (Å²) in [5, 5.41) is 13.8. The van der Waals surface area contributed by atoms with Gasteiger partial charge in [0.15, 0.2) is 5.01 Å². The number of nitrogens with zero attached hydrogens (tertiary/aromatic N) is 4. The number of aromatic nitrogens is 3. The maximum absolute atomic E-state index is 13.6. The van der Waals surface area contributed by atoms with Crippen LogP contribution in [0.1, 0.15) is 61.1 Å². The molecule has 2 aromatic heterocycles. The smallest absolute Gasteiger partial charge is 0.430 e. The molecular weight excluding hydrogens is 594 g/mol. The first kappa shape index (κ1) is 31.4. The van der Waals surface area contributed by atoms with E-state index in [0.29, 0.717) is 18.7 Å². The lowest BCUT2D eigenvalue weighted by molar-refractivity contribution is -0.376. The average molecular weight is 621 g/mol. The molecule has 1 N–H and O–H groups in total. The van der Waals surface area contributed by atoms with Gasteiger partial charge in [-0.15, -0.1) is 11.3 Å². The van der Waals surface area contributed by atoms with Crippen LogP contribution in [0.3, 0.4) is 0 Å². The molecular formula is C26H26F6N4O5S. The third-order valence-corrected chi connectivity index (χ3v) is 8.04. The summed E-state index contributed by atoms with van der Waals surface area (Å²) in [5.41, 5.74) is -7.52. The van der Waals surface area contributed by atoms with Gasteiger partial charge in [-0.3, -0.25) is 9.59 Å². The molecule has 42 heavy (non-hydrogen) atoms. The zero-order chi connectivity index (χ0) is 31.3. The largest absolute Gasteiger partial charge is 0.461 e. The molecule has 0 spiro atoms. The summed E-state index contributed by atoms with van der Waals surface area (Å²) in [7, 11) is 0. The number of likely N-dealkylation sites (tertiary alicyclic amines) is 1. The standard InChI is InChI=1S/C26H26F6N4O5S/c1-13-10-15(24(39,25(27,28)29)26(30,31)32)7-8-16(13)19-18(22(38)36-9-5-6-14(36)2)34-21(42-19)20-33-17(41-35-20)11-23(3,4)40-12-37/h7-8,10,12,14,39H,5-6,9,11H2,1-4H3/t14-/m0/s1. The number of hydrogen-bond donors (Lipinski definition) is 1. The Bertz CT molecular complexity index is 1470. The first-order valence-corrected chi connectivity index (χ1v) is 13.4. The molecule has 3 aromatic rings. The first-order chi connectivity index (χ1) is 19.4. The zero-order valence-corrected chi connectivity index (χ0v) is 23.6. The third-order valence-electron chi connectivity index (χ3n) is 6.96. The minimum Gasteiger partial charge on any atom is -0.461 e. The molecule has 4 rings (SSSR count). The van der Waals surface area contributed by atoms with Crippen molar-refractivity contribution in [3.05, 3.63) is 40.9 Å². The van der Waals surface area contributed by atoms with E-state index in [1.807, 2.05) is 6.92 Å². The lowest BCUT2D eigenvalue weighted by Gasteiger charge is -2.33. The second kappa shape index (κ2) is 10.9. The van der Waals surface area contributed by atoms with E-state index in [0.717, 1.165) is 30.2 Å². The van der Waals surface area contributed by atoms with Gasteiger partial charge in [0.05, 0.1) is 11.3 Å². The van der Waals surface area contributed by atoms with Gasteiger partial charge < -0.3 is 19.3 Å². The van der Waals surface area contributed by atoms with Crippen LogP contribution in [0, 0.1) is 6.92 Å². The van der Waals surface area contributed by atoms with Crippen molar-refractivity contribution in [2.45, 2.75) is 76.6 Å². The average Bonchev–Trinajstić information content (AvgIpc) is 3.61. The van der Waals surface area contributed by atoms with Crippen LogP contribution in [-0.2, 0) is 21.6 Å². The van der Waals surface area contributed by atoms with Crippen LogP contribution in [0.15, 0.2) is 22.7 Å². The fraction of sp³-hybridized carbons (Fsp3) is 0.500. The molecule has 3 heterocycles.